The van der Waals surface area contributed by atoms with Gasteiger partial charge in [-0.3, -0.25) is 0 Å². The Morgan fingerprint density at radius 2 is 1.72 bits per heavy atom. The second-order valence-electron chi connectivity index (χ2n) is 8.41. The van der Waals surface area contributed by atoms with Crippen LogP contribution in [0.15, 0.2) is 59.0 Å². The molecule has 0 amide bonds. The van der Waals surface area contributed by atoms with Crippen LogP contribution < -0.4 is 5.32 Å². The van der Waals surface area contributed by atoms with E-state index in [1.807, 2.05) is 44.4 Å². The third-order valence-corrected chi connectivity index (χ3v) is 4.99. The quantitative estimate of drug-likeness (QED) is 0.627. The predicted molar refractivity (Wildman–Crippen MR) is 117 cm³/mol. The molecule has 1 heterocycles. The van der Waals surface area contributed by atoms with Crippen LogP contribution >= 0.6 is 0 Å². The van der Waals surface area contributed by atoms with E-state index >= 15 is 0 Å². The van der Waals surface area contributed by atoms with Crippen LogP contribution in [0.25, 0.3) is 11.5 Å². The van der Waals surface area contributed by atoms with Gasteiger partial charge in [-0.15, -0.1) is 0 Å². The van der Waals surface area contributed by atoms with Crippen molar-refractivity contribution in [3.05, 3.63) is 71.4 Å². The van der Waals surface area contributed by atoms with E-state index in [2.05, 4.69) is 66.3 Å². The molecule has 5 nitrogen and oxygen atoms in total. The lowest BCUT2D eigenvalue weighted by molar-refractivity contribution is 0.310. The Hall–Kier alpha value is -3.10. The number of aromatic nitrogens is 1. The van der Waals surface area contributed by atoms with Gasteiger partial charge in [-0.25, -0.2) is 0 Å². The van der Waals surface area contributed by atoms with Crippen molar-refractivity contribution in [2.75, 3.05) is 26.0 Å². The molecule has 3 rings (SSSR count). The van der Waals surface area contributed by atoms with Crippen molar-refractivity contribution in [3.8, 4) is 17.5 Å². The van der Waals surface area contributed by atoms with E-state index in [1.165, 1.54) is 11.1 Å². The van der Waals surface area contributed by atoms with E-state index in [0.29, 0.717) is 18.3 Å². The zero-order valence-electron chi connectivity index (χ0n) is 17.7. The predicted octanol–water partition coefficient (Wildman–Crippen LogP) is 5.23. The molecular weight excluding hydrogens is 360 g/mol. The van der Waals surface area contributed by atoms with Gasteiger partial charge in [-0.1, -0.05) is 63.2 Å². The highest BCUT2D eigenvalue weighted by Crippen LogP contribution is 2.28. The van der Waals surface area contributed by atoms with Gasteiger partial charge in [0.15, 0.2) is 0 Å². The molecule has 0 saturated carbocycles. The van der Waals surface area contributed by atoms with Gasteiger partial charge in [-0.2, -0.15) is 10.2 Å². The summed E-state index contributed by atoms with van der Waals surface area (Å²) in [5.74, 6) is 0.852. The molecule has 0 bridgehead atoms. The molecule has 1 aromatic heterocycles. The molecule has 0 unspecified atom stereocenters. The Morgan fingerprint density at radius 1 is 1.07 bits per heavy atom. The molecular formula is C24H28N4O. The number of nitrogens with zero attached hydrogens (tertiary/aromatic N) is 3. The molecule has 0 spiro atoms. The monoisotopic (exact) mass is 388 g/mol. The van der Waals surface area contributed by atoms with E-state index < -0.39 is 0 Å². The molecule has 0 aliphatic carbocycles. The lowest BCUT2D eigenvalue weighted by Crippen LogP contribution is -2.27. The SMILES string of the molecule is CN(C)[C@H](CNc1oc(-c2ccccc2)nc1C#N)c1ccc(C(C)(C)C)cc1. The van der Waals surface area contributed by atoms with Crippen LogP contribution in [0.4, 0.5) is 5.88 Å². The number of nitrogens with one attached hydrogen (secondary N) is 1. The van der Waals surface area contributed by atoms with Crippen molar-refractivity contribution >= 4 is 5.88 Å². The van der Waals surface area contributed by atoms with Crippen LogP contribution in [0.3, 0.4) is 0 Å². The molecule has 1 atom stereocenters. The largest absolute Gasteiger partial charge is 0.419 e. The van der Waals surface area contributed by atoms with Crippen LogP contribution in [0, 0.1) is 11.3 Å². The van der Waals surface area contributed by atoms with E-state index in [1.54, 1.807) is 0 Å². The average molecular weight is 389 g/mol. The van der Waals surface area contributed by atoms with E-state index in [0.717, 1.165) is 5.56 Å². The van der Waals surface area contributed by atoms with Gasteiger partial charge in [0, 0.05) is 12.1 Å². The highest BCUT2D eigenvalue weighted by Gasteiger charge is 2.20. The maximum Gasteiger partial charge on any atom is 0.232 e. The van der Waals surface area contributed by atoms with Gasteiger partial charge < -0.3 is 14.6 Å². The average Bonchev–Trinajstić information content (AvgIpc) is 3.11. The fourth-order valence-electron chi connectivity index (χ4n) is 3.21. The minimum Gasteiger partial charge on any atom is -0.419 e. The minimum absolute atomic E-state index is 0.125. The third kappa shape index (κ3) is 4.85. The number of anilines is 1. The third-order valence-electron chi connectivity index (χ3n) is 4.99. The first-order chi connectivity index (χ1) is 13.8. The first-order valence-corrected chi connectivity index (χ1v) is 9.76. The van der Waals surface area contributed by atoms with Crippen LogP contribution in [-0.2, 0) is 5.41 Å². The molecule has 0 aliphatic heterocycles. The Morgan fingerprint density at radius 3 is 2.28 bits per heavy atom. The Labute approximate surface area is 173 Å². The molecule has 0 fully saturated rings. The summed E-state index contributed by atoms with van der Waals surface area (Å²) in [6, 6.07) is 20.6. The van der Waals surface area contributed by atoms with Gasteiger partial charge in [0.25, 0.3) is 0 Å². The smallest absolute Gasteiger partial charge is 0.232 e. The Bertz CT molecular complexity index is 976. The summed E-state index contributed by atoms with van der Waals surface area (Å²) >= 11 is 0. The molecule has 29 heavy (non-hydrogen) atoms. The maximum absolute atomic E-state index is 9.45. The van der Waals surface area contributed by atoms with Crippen molar-refractivity contribution in [2.45, 2.75) is 32.2 Å². The Kier molecular flexibility index (Phi) is 6.05. The fraction of sp³-hybridized carbons (Fsp3) is 0.333. The van der Waals surface area contributed by atoms with Crippen molar-refractivity contribution in [1.29, 1.82) is 5.26 Å². The first-order valence-electron chi connectivity index (χ1n) is 9.76. The summed E-state index contributed by atoms with van der Waals surface area (Å²) in [5, 5.41) is 12.7. The topological polar surface area (TPSA) is 65.1 Å². The molecule has 0 aliphatic rings. The Balaban J connectivity index is 1.79. The lowest BCUT2D eigenvalue weighted by atomic mass is 9.86. The standard InChI is InChI=1S/C24H28N4O/c1-24(2,3)19-13-11-17(12-14-19)21(28(4)5)16-26-23-20(15-25)27-22(29-23)18-9-7-6-8-10-18/h6-14,21,26H,16H2,1-5H3/t21-/m1/s1. The highest BCUT2D eigenvalue weighted by molar-refractivity contribution is 5.58. The van der Waals surface area contributed by atoms with Gasteiger partial charge in [-0.05, 0) is 42.8 Å². The van der Waals surface area contributed by atoms with Crippen molar-refractivity contribution < 1.29 is 4.42 Å². The summed E-state index contributed by atoms with van der Waals surface area (Å²) in [6.45, 7) is 7.24. The number of benzene rings is 2. The molecule has 1 N–H and O–H groups in total. The molecule has 0 radical (unpaired) electrons. The normalized spacial score (nSPS) is 12.6. The molecule has 0 saturated heterocycles. The zero-order valence-corrected chi connectivity index (χ0v) is 17.7. The molecule has 150 valence electrons. The number of hydrogen-bond donors (Lipinski definition) is 1. The summed E-state index contributed by atoms with van der Waals surface area (Å²) in [5.41, 5.74) is 3.75. The number of likely N-dealkylation sites (N-methyl/N-ethyl adjacent to an activating group) is 1. The summed E-state index contributed by atoms with van der Waals surface area (Å²) in [6.07, 6.45) is 0. The van der Waals surface area contributed by atoms with Crippen LogP contribution in [0.2, 0.25) is 0 Å². The molecule has 2 aromatic carbocycles. The van der Waals surface area contributed by atoms with Crippen molar-refractivity contribution in [2.24, 2.45) is 0 Å². The van der Waals surface area contributed by atoms with Crippen LogP contribution in [-0.4, -0.2) is 30.5 Å². The lowest BCUT2D eigenvalue weighted by Gasteiger charge is -2.26. The van der Waals surface area contributed by atoms with Crippen LogP contribution in [0.5, 0.6) is 0 Å². The summed E-state index contributed by atoms with van der Waals surface area (Å²) in [7, 11) is 4.09. The minimum atomic E-state index is 0.125. The highest BCUT2D eigenvalue weighted by atomic mass is 16.4. The summed E-state index contributed by atoms with van der Waals surface area (Å²) < 4.78 is 5.86. The second kappa shape index (κ2) is 8.50. The van der Waals surface area contributed by atoms with E-state index in [-0.39, 0.29) is 17.2 Å². The first kappa shape index (κ1) is 20.6. The van der Waals surface area contributed by atoms with Gasteiger partial charge in [0.2, 0.25) is 17.5 Å². The number of oxazole rings is 1. The van der Waals surface area contributed by atoms with Gasteiger partial charge >= 0.3 is 0 Å². The van der Waals surface area contributed by atoms with Gasteiger partial charge in [0.1, 0.15) is 6.07 Å². The number of hydrogen-bond acceptors (Lipinski definition) is 5. The van der Waals surface area contributed by atoms with E-state index in [4.69, 9.17) is 4.42 Å². The zero-order chi connectivity index (χ0) is 21.0. The van der Waals surface area contributed by atoms with Crippen molar-refractivity contribution in [1.82, 2.24) is 9.88 Å². The van der Waals surface area contributed by atoms with E-state index in [9.17, 15) is 5.26 Å². The second-order valence-corrected chi connectivity index (χ2v) is 8.41. The summed E-state index contributed by atoms with van der Waals surface area (Å²) in [4.78, 5) is 6.48. The van der Waals surface area contributed by atoms with Crippen LogP contribution in [0.1, 0.15) is 43.6 Å². The van der Waals surface area contributed by atoms with Crippen molar-refractivity contribution in [3.63, 3.8) is 0 Å². The number of nitriles is 1. The fourth-order valence-corrected chi connectivity index (χ4v) is 3.21. The molecule has 3 aromatic rings. The molecule has 5 heteroatoms. The number of rotatable bonds is 6. The van der Waals surface area contributed by atoms with Gasteiger partial charge in [0.05, 0.1) is 6.04 Å². The maximum atomic E-state index is 9.45.